The highest BCUT2D eigenvalue weighted by Crippen LogP contribution is 2.29. The number of hydrogen-bond acceptors (Lipinski definition) is 3. The topological polar surface area (TPSA) is 51.2 Å². The van der Waals surface area contributed by atoms with Crippen LogP contribution in [0.3, 0.4) is 0 Å². The molecular weight excluding hydrogens is 368 g/mol. The number of nitrogens with zero attached hydrogens (tertiary/aromatic N) is 1. The summed E-state index contributed by atoms with van der Waals surface area (Å²) in [6, 6.07) is 7.91. The number of amides is 1. The van der Waals surface area contributed by atoms with Crippen molar-refractivity contribution in [3.8, 4) is 5.75 Å². The van der Waals surface area contributed by atoms with E-state index < -0.39 is 0 Å². The van der Waals surface area contributed by atoms with Gasteiger partial charge in [-0.3, -0.25) is 9.78 Å². The van der Waals surface area contributed by atoms with Crippen molar-refractivity contribution in [3.05, 3.63) is 56.8 Å². The SMILES string of the molecule is Cc1ncc(C(=O)NC[C@H]2Cc3ccccc3O2)c(Br)c1Cl. The molecule has 1 aliphatic rings. The van der Waals surface area contributed by atoms with Crippen molar-refractivity contribution in [1.29, 1.82) is 0 Å². The first-order valence-electron chi connectivity index (χ1n) is 6.89. The molecule has 0 aliphatic carbocycles. The molecule has 22 heavy (non-hydrogen) atoms. The molecule has 0 saturated carbocycles. The number of nitrogens with one attached hydrogen (secondary N) is 1. The number of halogens is 2. The first-order valence-corrected chi connectivity index (χ1v) is 8.06. The Morgan fingerprint density at radius 2 is 2.27 bits per heavy atom. The highest BCUT2D eigenvalue weighted by atomic mass is 79.9. The fourth-order valence-corrected chi connectivity index (χ4v) is 3.10. The van der Waals surface area contributed by atoms with E-state index in [1.54, 1.807) is 6.92 Å². The number of pyridine rings is 1. The van der Waals surface area contributed by atoms with Crippen molar-refractivity contribution in [2.75, 3.05) is 6.54 Å². The maximum Gasteiger partial charge on any atom is 0.254 e. The van der Waals surface area contributed by atoms with Crippen molar-refractivity contribution in [2.24, 2.45) is 0 Å². The summed E-state index contributed by atoms with van der Waals surface area (Å²) in [6.45, 7) is 2.23. The lowest BCUT2D eigenvalue weighted by molar-refractivity contribution is 0.0932. The molecule has 1 atom stereocenters. The second-order valence-electron chi connectivity index (χ2n) is 5.15. The molecule has 2 aromatic rings. The summed E-state index contributed by atoms with van der Waals surface area (Å²) in [4.78, 5) is 16.4. The molecule has 1 aromatic carbocycles. The summed E-state index contributed by atoms with van der Waals surface area (Å²) >= 11 is 9.45. The zero-order valence-corrected chi connectivity index (χ0v) is 14.2. The van der Waals surface area contributed by atoms with Gasteiger partial charge in [0, 0.05) is 12.6 Å². The van der Waals surface area contributed by atoms with Gasteiger partial charge in [-0.25, -0.2) is 0 Å². The van der Waals surface area contributed by atoms with Crippen molar-refractivity contribution in [2.45, 2.75) is 19.4 Å². The molecule has 0 saturated heterocycles. The first-order chi connectivity index (χ1) is 10.6. The number of carbonyl (C=O) groups is 1. The largest absolute Gasteiger partial charge is 0.488 e. The van der Waals surface area contributed by atoms with Crippen LogP contribution in [0, 0.1) is 6.92 Å². The standard InChI is InChI=1S/C16H14BrClN2O2/c1-9-15(18)14(17)12(8-19-9)16(21)20-7-11-6-10-4-2-3-5-13(10)22-11/h2-5,8,11H,6-7H2,1H3,(H,20,21)/t11-/m1/s1. The predicted octanol–water partition coefficient (Wildman–Crippen LogP) is 3.54. The quantitative estimate of drug-likeness (QED) is 0.885. The predicted molar refractivity (Wildman–Crippen MR) is 88.6 cm³/mol. The van der Waals surface area contributed by atoms with Gasteiger partial charge in [0.2, 0.25) is 0 Å². The van der Waals surface area contributed by atoms with Gasteiger partial charge in [-0.15, -0.1) is 0 Å². The molecule has 0 spiro atoms. The average Bonchev–Trinajstić information content (AvgIpc) is 2.93. The van der Waals surface area contributed by atoms with E-state index in [1.807, 2.05) is 24.3 Å². The number of rotatable bonds is 3. The Morgan fingerprint density at radius 1 is 1.50 bits per heavy atom. The summed E-state index contributed by atoms with van der Waals surface area (Å²) in [5, 5.41) is 3.33. The third-order valence-corrected chi connectivity index (χ3v) is 5.10. The summed E-state index contributed by atoms with van der Waals surface area (Å²) in [7, 11) is 0. The average molecular weight is 382 g/mol. The van der Waals surface area contributed by atoms with E-state index >= 15 is 0 Å². The molecule has 0 fully saturated rings. The first kappa shape index (κ1) is 15.3. The fourth-order valence-electron chi connectivity index (χ4n) is 2.38. The molecule has 1 aliphatic heterocycles. The summed E-state index contributed by atoms with van der Waals surface area (Å²) in [5.74, 6) is 0.670. The van der Waals surface area contributed by atoms with Crippen LogP contribution in [0.5, 0.6) is 5.75 Å². The normalized spacial score (nSPS) is 16.0. The number of aryl methyl sites for hydroxylation is 1. The lowest BCUT2D eigenvalue weighted by Gasteiger charge is -2.13. The van der Waals surface area contributed by atoms with Gasteiger partial charge < -0.3 is 10.1 Å². The number of fused-ring (bicyclic) bond motifs is 1. The monoisotopic (exact) mass is 380 g/mol. The van der Waals surface area contributed by atoms with Gasteiger partial charge in [0.05, 0.1) is 27.3 Å². The van der Waals surface area contributed by atoms with Crippen LogP contribution in [0.15, 0.2) is 34.9 Å². The Kier molecular flexibility index (Phi) is 4.36. The second kappa shape index (κ2) is 6.26. The molecule has 1 aromatic heterocycles. The highest BCUT2D eigenvalue weighted by Gasteiger charge is 2.23. The number of benzene rings is 1. The van der Waals surface area contributed by atoms with E-state index in [9.17, 15) is 4.79 Å². The van der Waals surface area contributed by atoms with Crippen LogP contribution in [0.4, 0.5) is 0 Å². The van der Waals surface area contributed by atoms with Crippen molar-refractivity contribution in [1.82, 2.24) is 10.3 Å². The third-order valence-electron chi connectivity index (χ3n) is 3.58. The molecule has 6 heteroatoms. The van der Waals surface area contributed by atoms with Crippen molar-refractivity contribution in [3.63, 3.8) is 0 Å². The zero-order chi connectivity index (χ0) is 15.7. The Hall–Kier alpha value is -1.59. The Balaban J connectivity index is 1.64. The molecule has 0 unspecified atom stereocenters. The van der Waals surface area contributed by atoms with Crippen molar-refractivity contribution >= 4 is 33.4 Å². The molecule has 4 nitrogen and oxygen atoms in total. The molecule has 0 radical (unpaired) electrons. The van der Waals surface area contributed by atoms with Crippen LogP contribution in [0.25, 0.3) is 0 Å². The Labute approximate surface area is 142 Å². The highest BCUT2D eigenvalue weighted by molar-refractivity contribution is 9.10. The molecule has 3 rings (SSSR count). The molecule has 1 amide bonds. The smallest absolute Gasteiger partial charge is 0.254 e. The molecule has 114 valence electrons. The van der Waals surface area contributed by atoms with Crippen LogP contribution in [0.1, 0.15) is 21.6 Å². The maximum atomic E-state index is 12.3. The summed E-state index contributed by atoms with van der Waals surface area (Å²) in [5.41, 5.74) is 2.27. The number of aromatic nitrogens is 1. The van der Waals surface area contributed by atoms with Crippen LogP contribution < -0.4 is 10.1 Å². The molecule has 1 N–H and O–H groups in total. The van der Waals surface area contributed by atoms with E-state index in [0.717, 1.165) is 12.2 Å². The number of carbonyl (C=O) groups excluding carboxylic acids is 1. The fraction of sp³-hybridized carbons (Fsp3) is 0.250. The lowest BCUT2D eigenvalue weighted by Crippen LogP contribution is -2.34. The Bertz CT molecular complexity index is 711. The minimum absolute atomic E-state index is 0.0472. The summed E-state index contributed by atoms with van der Waals surface area (Å²) < 4.78 is 6.36. The van der Waals surface area contributed by atoms with Gasteiger partial charge in [-0.05, 0) is 34.5 Å². The van der Waals surface area contributed by atoms with Crippen LogP contribution in [-0.2, 0) is 6.42 Å². The van der Waals surface area contributed by atoms with E-state index in [4.69, 9.17) is 16.3 Å². The number of hydrogen-bond donors (Lipinski definition) is 1. The molecular formula is C16H14BrClN2O2. The van der Waals surface area contributed by atoms with E-state index in [-0.39, 0.29) is 12.0 Å². The van der Waals surface area contributed by atoms with Gasteiger partial charge in [0.25, 0.3) is 5.91 Å². The number of ether oxygens (including phenoxy) is 1. The Morgan fingerprint density at radius 3 is 3.05 bits per heavy atom. The van der Waals surface area contributed by atoms with Gasteiger partial charge >= 0.3 is 0 Å². The molecule has 2 heterocycles. The maximum absolute atomic E-state index is 12.3. The van der Waals surface area contributed by atoms with E-state index in [0.29, 0.717) is 27.3 Å². The zero-order valence-electron chi connectivity index (χ0n) is 11.9. The van der Waals surface area contributed by atoms with E-state index in [1.165, 1.54) is 11.8 Å². The van der Waals surface area contributed by atoms with Gasteiger partial charge in [-0.1, -0.05) is 29.8 Å². The minimum atomic E-state index is -0.221. The lowest BCUT2D eigenvalue weighted by atomic mass is 10.1. The third kappa shape index (κ3) is 2.96. The van der Waals surface area contributed by atoms with Gasteiger partial charge in [0.1, 0.15) is 11.9 Å². The second-order valence-corrected chi connectivity index (χ2v) is 6.32. The van der Waals surface area contributed by atoms with Crippen LogP contribution >= 0.6 is 27.5 Å². The van der Waals surface area contributed by atoms with Crippen LogP contribution in [-0.4, -0.2) is 23.5 Å². The minimum Gasteiger partial charge on any atom is -0.488 e. The van der Waals surface area contributed by atoms with Gasteiger partial charge in [-0.2, -0.15) is 0 Å². The summed E-state index contributed by atoms with van der Waals surface area (Å²) in [6.07, 6.45) is 2.27. The van der Waals surface area contributed by atoms with E-state index in [2.05, 4.69) is 26.2 Å². The number of para-hydroxylation sites is 1. The van der Waals surface area contributed by atoms with Gasteiger partial charge in [0.15, 0.2) is 0 Å². The molecule has 0 bridgehead atoms. The van der Waals surface area contributed by atoms with Crippen molar-refractivity contribution < 1.29 is 9.53 Å². The van der Waals surface area contributed by atoms with Crippen LogP contribution in [0.2, 0.25) is 5.02 Å².